The van der Waals surface area contributed by atoms with E-state index in [1.165, 1.54) is 0 Å². The van der Waals surface area contributed by atoms with E-state index in [-0.39, 0.29) is 23.8 Å². The Hall–Kier alpha value is -0.710. The second kappa shape index (κ2) is 4.19. The van der Waals surface area contributed by atoms with Crippen molar-refractivity contribution in [3.05, 3.63) is 0 Å². The predicted octanol–water partition coefficient (Wildman–Crippen LogP) is 1.01. The van der Waals surface area contributed by atoms with Crippen LogP contribution in [0, 0.1) is 11.8 Å². The first-order chi connectivity index (χ1) is 7.84. The number of hydrogen-bond acceptors (Lipinski definition) is 6. The highest BCUT2D eigenvalue weighted by molar-refractivity contribution is 7.64. The molecule has 0 radical (unpaired) electrons. The lowest BCUT2D eigenvalue weighted by atomic mass is 10.1. The van der Waals surface area contributed by atoms with Gasteiger partial charge in [-0.05, 0) is 11.8 Å². The summed E-state index contributed by atoms with van der Waals surface area (Å²) in [6.45, 7) is 7.66. The van der Waals surface area contributed by atoms with Crippen molar-refractivity contribution in [3.8, 4) is 0 Å². The van der Waals surface area contributed by atoms with E-state index in [1.807, 2.05) is 27.7 Å². The van der Waals surface area contributed by atoms with Crippen LogP contribution in [0.15, 0.2) is 0 Å². The van der Waals surface area contributed by atoms with Gasteiger partial charge in [-0.3, -0.25) is 0 Å². The maximum absolute atomic E-state index is 11.7. The van der Waals surface area contributed by atoms with Gasteiger partial charge in [0, 0.05) is 0 Å². The second-order valence-corrected chi connectivity index (χ2v) is 7.06. The average Bonchev–Trinajstić information content (AvgIpc) is 2.68. The fourth-order valence-electron chi connectivity index (χ4n) is 1.84. The molecule has 96 valence electrons. The monoisotopic (exact) mass is 261 g/mol. The van der Waals surface area contributed by atoms with Crippen LogP contribution in [0.2, 0.25) is 0 Å². The van der Waals surface area contributed by atoms with Gasteiger partial charge in [0.15, 0.2) is 12.1 Å². The van der Waals surface area contributed by atoms with Crippen molar-refractivity contribution in [3.63, 3.8) is 0 Å². The van der Waals surface area contributed by atoms with Crippen molar-refractivity contribution in [2.75, 3.05) is 0 Å². The van der Waals surface area contributed by atoms with Gasteiger partial charge in [-0.25, -0.2) is 18.6 Å². The van der Waals surface area contributed by atoms with E-state index in [4.69, 9.17) is 9.05 Å². The van der Waals surface area contributed by atoms with Crippen LogP contribution in [0.4, 0.5) is 0 Å². The normalized spacial score (nSPS) is 37.1. The predicted molar refractivity (Wildman–Crippen MR) is 62.6 cm³/mol. The van der Waals surface area contributed by atoms with E-state index in [0.717, 1.165) is 0 Å². The molecule has 2 N–H and O–H groups in total. The van der Waals surface area contributed by atoms with Gasteiger partial charge in [-0.1, -0.05) is 37.9 Å². The molecule has 2 saturated heterocycles. The minimum atomic E-state index is -2.73. The maximum atomic E-state index is 11.7. The molecule has 7 heteroatoms. The van der Waals surface area contributed by atoms with Crippen molar-refractivity contribution >= 4 is 20.0 Å². The van der Waals surface area contributed by atoms with Crippen molar-refractivity contribution in [1.82, 2.24) is 10.2 Å². The molecule has 2 aliphatic heterocycles. The molecule has 2 fully saturated rings. The molecule has 2 rings (SSSR count). The summed E-state index contributed by atoms with van der Waals surface area (Å²) in [7, 11) is -2.73. The van der Waals surface area contributed by atoms with Gasteiger partial charge in [0.2, 0.25) is 0 Å². The Kier molecular flexibility index (Phi) is 3.14. The number of nitrogens with one attached hydrogen (secondary N) is 2. The molecule has 0 saturated carbocycles. The number of carbonyl (C=O) groups excluding carboxylic acids is 2. The first kappa shape index (κ1) is 12.7. The molecular weight excluding hydrogens is 243 g/mol. The first-order valence-electron chi connectivity index (χ1n) is 5.76. The van der Waals surface area contributed by atoms with Gasteiger partial charge in [0.1, 0.15) is 0 Å². The minimum absolute atomic E-state index is 0.0977. The van der Waals surface area contributed by atoms with Crippen LogP contribution >= 0.6 is 8.02 Å². The molecule has 0 aromatic heterocycles. The molecule has 0 aromatic rings. The van der Waals surface area contributed by atoms with Crippen LogP contribution in [0.5, 0.6) is 0 Å². The average molecular weight is 261 g/mol. The summed E-state index contributed by atoms with van der Waals surface area (Å²) in [6, 6.07) is -0.816. The summed E-state index contributed by atoms with van der Waals surface area (Å²) in [4.78, 5) is 23.3. The summed E-state index contributed by atoms with van der Waals surface area (Å²) in [5.41, 5.74) is 0. The zero-order chi connectivity index (χ0) is 12.8. The molecule has 2 atom stereocenters. The topological polar surface area (TPSA) is 76.7 Å². The van der Waals surface area contributed by atoms with Crippen molar-refractivity contribution < 1.29 is 18.6 Å². The highest BCUT2D eigenvalue weighted by atomic mass is 31.2. The van der Waals surface area contributed by atoms with Gasteiger partial charge in [0.05, 0.1) is 0 Å². The summed E-state index contributed by atoms with van der Waals surface area (Å²) in [5.74, 6) is -0.503. The number of hydrogen-bond donors (Lipinski definition) is 2. The van der Waals surface area contributed by atoms with Crippen LogP contribution in [-0.4, -0.2) is 24.0 Å². The zero-order valence-corrected chi connectivity index (χ0v) is 11.3. The molecular formula is C10H18N2O4P+. The molecule has 0 amide bonds. The lowest BCUT2D eigenvalue weighted by Gasteiger charge is -2.11. The highest BCUT2D eigenvalue weighted by Gasteiger charge is 2.67. The van der Waals surface area contributed by atoms with Crippen LogP contribution in [-0.2, 0) is 18.6 Å². The molecule has 2 aliphatic rings. The van der Waals surface area contributed by atoms with Crippen LogP contribution in [0.3, 0.4) is 0 Å². The molecule has 0 bridgehead atoms. The Balaban J connectivity index is 2.14. The lowest BCUT2D eigenvalue weighted by molar-refractivity contribution is -0.136. The second-order valence-electron chi connectivity index (χ2n) is 5.07. The molecule has 2 heterocycles. The van der Waals surface area contributed by atoms with E-state index in [1.54, 1.807) is 0 Å². The van der Waals surface area contributed by atoms with Crippen molar-refractivity contribution in [2.24, 2.45) is 11.8 Å². The molecule has 6 nitrogen and oxygen atoms in total. The summed E-state index contributed by atoms with van der Waals surface area (Å²) in [5, 5.41) is 6.03. The van der Waals surface area contributed by atoms with Gasteiger partial charge >= 0.3 is 20.0 Å². The number of rotatable bonds is 2. The summed E-state index contributed by atoms with van der Waals surface area (Å²) >= 11 is 0. The Morgan fingerprint density at radius 1 is 0.941 bits per heavy atom. The quantitative estimate of drug-likeness (QED) is 0.722. The zero-order valence-electron chi connectivity index (χ0n) is 10.4. The van der Waals surface area contributed by atoms with E-state index in [9.17, 15) is 9.59 Å². The smallest absolute Gasteiger partial charge is 0.245 e. The SMILES string of the molecule is CC(C)C1N[P+]2(NC(C(C)C)C(=O)O2)OC1=O. The largest absolute Gasteiger partial charge is 0.528 e. The Morgan fingerprint density at radius 2 is 1.29 bits per heavy atom. The number of carbonyl (C=O) groups is 2. The highest BCUT2D eigenvalue weighted by Crippen LogP contribution is 2.62. The molecule has 2 unspecified atom stereocenters. The van der Waals surface area contributed by atoms with E-state index < -0.39 is 20.1 Å². The van der Waals surface area contributed by atoms with Crippen LogP contribution in [0.1, 0.15) is 27.7 Å². The fourth-order valence-corrected chi connectivity index (χ4v) is 4.44. The van der Waals surface area contributed by atoms with Gasteiger partial charge in [-0.2, -0.15) is 0 Å². The third-order valence-corrected chi connectivity index (χ3v) is 5.01. The summed E-state index contributed by atoms with van der Waals surface area (Å²) in [6.07, 6.45) is 0. The summed E-state index contributed by atoms with van der Waals surface area (Å²) < 4.78 is 10.5. The van der Waals surface area contributed by atoms with Crippen LogP contribution < -0.4 is 10.2 Å². The van der Waals surface area contributed by atoms with E-state index >= 15 is 0 Å². The Bertz CT molecular complexity index is 324. The fraction of sp³-hybridized carbons (Fsp3) is 0.800. The van der Waals surface area contributed by atoms with Crippen molar-refractivity contribution in [2.45, 2.75) is 39.8 Å². The maximum Gasteiger partial charge on any atom is 0.528 e. The third-order valence-electron chi connectivity index (χ3n) is 2.90. The Morgan fingerprint density at radius 3 is 1.53 bits per heavy atom. The first-order valence-corrected chi connectivity index (χ1v) is 7.38. The van der Waals surface area contributed by atoms with E-state index in [2.05, 4.69) is 10.2 Å². The molecule has 0 aromatic carbocycles. The molecule has 17 heavy (non-hydrogen) atoms. The minimum Gasteiger partial charge on any atom is -0.245 e. The van der Waals surface area contributed by atoms with Gasteiger partial charge in [-0.15, -0.1) is 0 Å². The standard InChI is InChI=1S/C10H18N2O4P/c1-5(2)7-9(13)15-17(11-7)12-8(6(3)4)10(14)16-17/h5-8,11-12H,1-4H3/q+1. The lowest BCUT2D eigenvalue weighted by Crippen LogP contribution is -2.36. The molecule has 1 spiro atoms. The van der Waals surface area contributed by atoms with Crippen LogP contribution in [0.25, 0.3) is 0 Å². The van der Waals surface area contributed by atoms with Gasteiger partial charge in [0.25, 0.3) is 0 Å². The Labute approximate surface area is 101 Å². The van der Waals surface area contributed by atoms with Crippen molar-refractivity contribution in [1.29, 1.82) is 0 Å². The van der Waals surface area contributed by atoms with E-state index in [0.29, 0.717) is 0 Å². The molecule has 0 aliphatic carbocycles. The van der Waals surface area contributed by atoms with Gasteiger partial charge < -0.3 is 0 Å². The third kappa shape index (κ3) is 2.17.